The van der Waals surface area contributed by atoms with E-state index in [1.807, 2.05) is 0 Å². The van der Waals surface area contributed by atoms with Crippen LogP contribution in [-0.4, -0.2) is 36.0 Å². The van der Waals surface area contributed by atoms with Gasteiger partial charge in [-0.2, -0.15) is 0 Å². The summed E-state index contributed by atoms with van der Waals surface area (Å²) >= 11 is 13.3. The van der Waals surface area contributed by atoms with Crippen LogP contribution in [0.4, 0.5) is 5.13 Å². The highest BCUT2D eigenvalue weighted by Gasteiger charge is 2.19. The zero-order chi connectivity index (χ0) is 16.4. The molecular formula is C15H15Cl2N3O2S. The van der Waals surface area contributed by atoms with Crippen LogP contribution in [0.25, 0.3) is 0 Å². The highest BCUT2D eigenvalue weighted by atomic mass is 35.5. The van der Waals surface area contributed by atoms with Gasteiger partial charge in [-0.1, -0.05) is 23.2 Å². The lowest BCUT2D eigenvalue weighted by Gasteiger charge is -2.20. The van der Waals surface area contributed by atoms with Gasteiger partial charge >= 0.3 is 0 Å². The van der Waals surface area contributed by atoms with Crippen LogP contribution in [0.2, 0.25) is 10.0 Å². The monoisotopic (exact) mass is 371 g/mol. The molecule has 1 aliphatic rings. The fourth-order valence-corrected chi connectivity index (χ4v) is 3.84. The van der Waals surface area contributed by atoms with E-state index in [9.17, 15) is 4.79 Å². The van der Waals surface area contributed by atoms with E-state index in [-0.39, 0.29) is 12.5 Å². The number of anilines is 1. The summed E-state index contributed by atoms with van der Waals surface area (Å²) in [7, 11) is 2.07. The van der Waals surface area contributed by atoms with Gasteiger partial charge in [0, 0.05) is 29.4 Å². The van der Waals surface area contributed by atoms with Crippen molar-refractivity contribution in [1.82, 2.24) is 9.88 Å². The molecule has 1 aromatic carbocycles. The van der Waals surface area contributed by atoms with E-state index in [4.69, 9.17) is 27.9 Å². The molecule has 0 spiro atoms. The average Bonchev–Trinajstić information content (AvgIpc) is 2.87. The Morgan fingerprint density at radius 1 is 1.48 bits per heavy atom. The Bertz CT molecular complexity index is 736. The molecule has 0 atom stereocenters. The SMILES string of the molecule is CN1CCc2nc(NC(=O)COc3ccc(Cl)cc3Cl)sc2C1. The standard InChI is InChI=1S/C15H15Cl2N3O2S/c1-20-5-4-11-13(7-20)23-15(18-11)19-14(21)8-22-12-3-2-9(16)6-10(12)17/h2-3,6H,4-5,7-8H2,1H3,(H,18,19,21). The van der Waals surface area contributed by atoms with Crippen LogP contribution in [0.3, 0.4) is 0 Å². The molecule has 23 heavy (non-hydrogen) atoms. The number of halogens is 2. The predicted octanol–water partition coefficient (Wildman–Crippen LogP) is 3.46. The van der Waals surface area contributed by atoms with Crippen LogP contribution in [0.1, 0.15) is 10.6 Å². The number of rotatable bonds is 4. The molecule has 2 heterocycles. The average molecular weight is 372 g/mol. The van der Waals surface area contributed by atoms with Gasteiger partial charge in [-0.25, -0.2) is 4.98 Å². The molecular weight excluding hydrogens is 357 g/mol. The van der Waals surface area contributed by atoms with Crippen molar-refractivity contribution in [2.24, 2.45) is 0 Å². The number of hydrogen-bond donors (Lipinski definition) is 1. The van der Waals surface area contributed by atoms with Crippen molar-refractivity contribution in [1.29, 1.82) is 0 Å². The van der Waals surface area contributed by atoms with E-state index in [0.717, 1.165) is 25.2 Å². The van der Waals surface area contributed by atoms with Gasteiger partial charge in [-0.05, 0) is 25.2 Å². The molecule has 0 saturated carbocycles. The van der Waals surface area contributed by atoms with Crippen molar-refractivity contribution < 1.29 is 9.53 Å². The first-order chi connectivity index (χ1) is 11.0. The van der Waals surface area contributed by atoms with Gasteiger partial charge in [0.15, 0.2) is 11.7 Å². The second-order valence-corrected chi connectivity index (χ2v) is 7.22. The summed E-state index contributed by atoms with van der Waals surface area (Å²) in [5.74, 6) is 0.154. The zero-order valence-electron chi connectivity index (χ0n) is 12.4. The zero-order valence-corrected chi connectivity index (χ0v) is 14.8. The molecule has 1 aromatic heterocycles. The van der Waals surface area contributed by atoms with Crippen molar-refractivity contribution in [3.63, 3.8) is 0 Å². The first-order valence-corrected chi connectivity index (χ1v) is 8.63. The molecule has 1 amide bonds. The number of nitrogens with one attached hydrogen (secondary N) is 1. The third kappa shape index (κ3) is 4.14. The van der Waals surface area contributed by atoms with E-state index >= 15 is 0 Å². The van der Waals surface area contributed by atoms with E-state index < -0.39 is 0 Å². The quantitative estimate of drug-likeness (QED) is 0.893. The molecule has 8 heteroatoms. The summed E-state index contributed by atoms with van der Waals surface area (Å²) in [6, 6.07) is 4.86. The lowest BCUT2D eigenvalue weighted by molar-refractivity contribution is -0.118. The minimum atomic E-state index is -0.268. The van der Waals surface area contributed by atoms with Crippen molar-refractivity contribution in [2.45, 2.75) is 13.0 Å². The summed E-state index contributed by atoms with van der Waals surface area (Å²) in [6.07, 6.45) is 0.912. The molecule has 0 fully saturated rings. The van der Waals surface area contributed by atoms with E-state index in [0.29, 0.717) is 20.9 Å². The Balaban J connectivity index is 1.57. The number of carbonyl (C=O) groups excluding carboxylic acids is 1. The number of ether oxygens (including phenoxy) is 1. The first kappa shape index (κ1) is 16.5. The van der Waals surface area contributed by atoms with Crippen LogP contribution in [0, 0.1) is 0 Å². The number of thiazole rings is 1. The molecule has 0 unspecified atom stereocenters. The molecule has 3 rings (SSSR count). The van der Waals surface area contributed by atoms with E-state index in [1.165, 1.54) is 16.2 Å². The smallest absolute Gasteiger partial charge is 0.264 e. The van der Waals surface area contributed by atoms with Gasteiger partial charge in [-0.3, -0.25) is 10.1 Å². The number of aromatic nitrogens is 1. The molecule has 122 valence electrons. The van der Waals surface area contributed by atoms with Gasteiger partial charge < -0.3 is 9.64 Å². The number of amides is 1. The molecule has 1 aliphatic heterocycles. The second-order valence-electron chi connectivity index (χ2n) is 5.29. The van der Waals surface area contributed by atoms with Crippen LogP contribution in [0.5, 0.6) is 5.75 Å². The maximum Gasteiger partial charge on any atom is 0.264 e. The number of fused-ring (bicyclic) bond motifs is 1. The molecule has 2 aromatic rings. The van der Waals surface area contributed by atoms with Gasteiger partial charge in [0.25, 0.3) is 5.91 Å². The highest BCUT2D eigenvalue weighted by molar-refractivity contribution is 7.15. The highest BCUT2D eigenvalue weighted by Crippen LogP contribution is 2.29. The fourth-order valence-electron chi connectivity index (χ4n) is 2.27. The number of nitrogens with zero attached hydrogens (tertiary/aromatic N) is 2. The predicted molar refractivity (Wildman–Crippen MR) is 92.7 cm³/mol. The normalized spacial score (nSPS) is 14.4. The minimum Gasteiger partial charge on any atom is -0.482 e. The van der Waals surface area contributed by atoms with Crippen LogP contribution in [0.15, 0.2) is 18.2 Å². The van der Waals surface area contributed by atoms with Crippen LogP contribution >= 0.6 is 34.5 Å². The maximum absolute atomic E-state index is 12.0. The summed E-state index contributed by atoms with van der Waals surface area (Å²) in [5, 5.41) is 4.27. The molecule has 1 N–H and O–H groups in total. The third-order valence-electron chi connectivity index (χ3n) is 3.42. The molecule has 5 nitrogen and oxygen atoms in total. The molecule has 0 bridgehead atoms. The summed E-state index contributed by atoms with van der Waals surface area (Å²) < 4.78 is 5.41. The minimum absolute atomic E-state index is 0.133. The van der Waals surface area contributed by atoms with Crippen molar-refractivity contribution in [3.05, 3.63) is 38.8 Å². The first-order valence-electron chi connectivity index (χ1n) is 7.06. The molecule has 0 saturated heterocycles. The van der Waals surface area contributed by atoms with Gasteiger partial charge in [0.1, 0.15) is 5.75 Å². The second kappa shape index (κ2) is 7.05. The number of hydrogen-bond acceptors (Lipinski definition) is 5. The summed E-state index contributed by atoms with van der Waals surface area (Å²) in [4.78, 5) is 19.9. The maximum atomic E-state index is 12.0. The Hall–Kier alpha value is -1.34. The van der Waals surface area contributed by atoms with Crippen molar-refractivity contribution in [2.75, 3.05) is 25.5 Å². The van der Waals surface area contributed by atoms with Crippen molar-refractivity contribution >= 4 is 45.6 Å². The van der Waals surface area contributed by atoms with Gasteiger partial charge in [0.05, 0.1) is 10.7 Å². The van der Waals surface area contributed by atoms with Crippen molar-refractivity contribution in [3.8, 4) is 5.75 Å². The Morgan fingerprint density at radius 2 is 2.30 bits per heavy atom. The van der Waals surface area contributed by atoms with Gasteiger partial charge in [-0.15, -0.1) is 11.3 Å². The van der Waals surface area contributed by atoms with Crippen LogP contribution in [-0.2, 0) is 17.8 Å². The van der Waals surface area contributed by atoms with Gasteiger partial charge in [0.2, 0.25) is 0 Å². The molecule has 0 radical (unpaired) electrons. The lowest BCUT2D eigenvalue weighted by atomic mass is 10.2. The summed E-state index contributed by atoms with van der Waals surface area (Å²) in [6.45, 7) is 1.73. The topological polar surface area (TPSA) is 54.5 Å². The summed E-state index contributed by atoms with van der Waals surface area (Å²) in [5.41, 5.74) is 1.07. The lowest BCUT2D eigenvalue weighted by Crippen LogP contribution is -2.25. The fraction of sp³-hybridized carbons (Fsp3) is 0.333. The Kier molecular flexibility index (Phi) is 5.06. The van der Waals surface area contributed by atoms with Crippen LogP contribution < -0.4 is 10.1 Å². The van der Waals surface area contributed by atoms with E-state index in [2.05, 4.69) is 22.2 Å². The number of benzene rings is 1. The number of carbonyl (C=O) groups is 1. The largest absolute Gasteiger partial charge is 0.482 e. The number of likely N-dealkylation sites (N-methyl/N-ethyl adjacent to an activating group) is 1. The third-order valence-corrected chi connectivity index (χ3v) is 4.95. The molecule has 0 aliphatic carbocycles. The Labute approximate surface area is 148 Å². The Morgan fingerprint density at radius 3 is 3.09 bits per heavy atom. The van der Waals surface area contributed by atoms with E-state index in [1.54, 1.807) is 18.2 Å².